The lowest BCUT2D eigenvalue weighted by Gasteiger charge is -2.42. The Morgan fingerprint density at radius 2 is 1.21 bits per heavy atom. The summed E-state index contributed by atoms with van der Waals surface area (Å²) in [6.07, 6.45) is 2.23. The molecule has 2 nitrogen and oxygen atoms in total. The van der Waals surface area contributed by atoms with Crippen LogP contribution in [0.25, 0.3) is 0 Å². The molecule has 0 aliphatic heterocycles. The molecule has 14 heavy (non-hydrogen) atoms. The van der Waals surface area contributed by atoms with Crippen molar-refractivity contribution in [3.8, 4) is 0 Å². The first-order valence-corrected chi connectivity index (χ1v) is 5.94. The van der Waals surface area contributed by atoms with Crippen molar-refractivity contribution in [1.82, 2.24) is 0 Å². The fraction of sp³-hybridized carbons (Fsp3) is 1.00. The minimum absolute atomic E-state index is 0.356. The molecule has 4 N–H and O–H groups in total. The zero-order chi connectivity index (χ0) is 10.9. The summed E-state index contributed by atoms with van der Waals surface area (Å²) in [5.74, 6) is 2.56. The fourth-order valence-electron chi connectivity index (χ4n) is 2.86. The first kappa shape index (κ1) is 12.0. The van der Waals surface area contributed by atoms with Crippen molar-refractivity contribution in [3.05, 3.63) is 0 Å². The molecule has 0 bridgehead atoms. The van der Waals surface area contributed by atoms with Crippen LogP contribution < -0.4 is 11.5 Å². The van der Waals surface area contributed by atoms with Gasteiger partial charge in [0.15, 0.2) is 0 Å². The van der Waals surface area contributed by atoms with Crippen molar-refractivity contribution in [2.75, 3.05) is 0 Å². The molecule has 2 atom stereocenters. The Kier molecular flexibility index (Phi) is 3.96. The van der Waals surface area contributed by atoms with Crippen LogP contribution in [-0.4, -0.2) is 12.1 Å². The molecular formula is C12H26N2. The largest absolute Gasteiger partial charge is 0.328 e. The molecular weight excluding hydrogens is 172 g/mol. The maximum atomic E-state index is 6.33. The molecule has 0 aromatic rings. The predicted molar refractivity (Wildman–Crippen MR) is 61.8 cm³/mol. The van der Waals surface area contributed by atoms with Gasteiger partial charge in [-0.2, -0.15) is 0 Å². The van der Waals surface area contributed by atoms with E-state index in [-0.39, 0.29) is 0 Å². The van der Waals surface area contributed by atoms with Gasteiger partial charge in [-0.25, -0.2) is 0 Å². The highest BCUT2D eigenvalue weighted by atomic mass is 14.8. The van der Waals surface area contributed by atoms with Gasteiger partial charge in [-0.05, 0) is 36.5 Å². The third kappa shape index (κ3) is 2.48. The van der Waals surface area contributed by atoms with Gasteiger partial charge in [0.1, 0.15) is 0 Å². The van der Waals surface area contributed by atoms with Crippen LogP contribution in [0.2, 0.25) is 0 Å². The van der Waals surface area contributed by atoms with E-state index < -0.39 is 0 Å². The monoisotopic (exact) mass is 198 g/mol. The highest BCUT2D eigenvalue weighted by molar-refractivity contribution is 4.92. The lowest BCUT2D eigenvalue weighted by atomic mass is 9.67. The summed E-state index contributed by atoms with van der Waals surface area (Å²) >= 11 is 0. The summed E-state index contributed by atoms with van der Waals surface area (Å²) in [6.45, 7) is 9.06. The molecule has 0 aromatic carbocycles. The molecule has 0 radical (unpaired) electrons. The maximum absolute atomic E-state index is 6.33. The van der Waals surface area contributed by atoms with E-state index >= 15 is 0 Å². The lowest BCUT2D eigenvalue weighted by molar-refractivity contribution is 0.126. The van der Waals surface area contributed by atoms with Crippen molar-refractivity contribution in [3.63, 3.8) is 0 Å². The molecule has 1 rings (SSSR count). The number of hydrogen-bond donors (Lipinski definition) is 2. The average molecular weight is 198 g/mol. The van der Waals surface area contributed by atoms with E-state index in [2.05, 4.69) is 27.7 Å². The summed E-state index contributed by atoms with van der Waals surface area (Å²) in [4.78, 5) is 0. The van der Waals surface area contributed by atoms with Crippen LogP contribution in [-0.2, 0) is 0 Å². The minimum atomic E-state index is 0.356. The van der Waals surface area contributed by atoms with Crippen molar-refractivity contribution in [1.29, 1.82) is 0 Å². The molecule has 0 spiro atoms. The zero-order valence-corrected chi connectivity index (χ0v) is 10.0. The molecule has 2 heteroatoms. The predicted octanol–water partition coefficient (Wildman–Crippen LogP) is 1.98. The van der Waals surface area contributed by atoms with Crippen LogP contribution in [0.1, 0.15) is 40.5 Å². The first-order valence-electron chi connectivity index (χ1n) is 5.94. The first-order chi connectivity index (χ1) is 6.43. The average Bonchev–Trinajstić information content (AvgIpc) is 2.07. The Morgan fingerprint density at radius 1 is 0.857 bits per heavy atom. The van der Waals surface area contributed by atoms with Crippen molar-refractivity contribution in [2.24, 2.45) is 35.1 Å². The number of hydrogen-bond acceptors (Lipinski definition) is 2. The standard InChI is InChI=1S/C12H26N2/c1-7(2)10-5-9(13)6-11(8(3)4)12(10)14/h7-12H,5-6,13-14H2,1-4H3. The zero-order valence-electron chi connectivity index (χ0n) is 10.0. The van der Waals surface area contributed by atoms with Gasteiger partial charge in [0, 0.05) is 12.1 Å². The Hall–Kier alpha value is -0.0800. The molecule has 1 aliphatic carbocycles. The Labute approximate surface area is 88.4 Å². The van der Waals surface area contributed by atoms with E-state index in [1.807, 2.05) is 0 Å². The van der Waals surface area contributed by atoms with Crippen LogP contribution in [0.15, 0.2) is 0 Å². The maximum Gasteiger partial charge on any atom is 0.0102 e. The molecule has 1 saturated carbocycles. The summed E-state index contributed by atoms with van der Waals surface area (Å²) in [7, 11) is 0. The highest BCUT2D eigenvalue weighted by Gasteiger charge is 2.36. The molecule has 1 fully saturated rings. The summed E-state index contributed by atoms with van der Waals surface area (Å²) in [6, 6.07) is 0.726. The molecule has 0 heterocycles. The quantitative estimate of drug-likeness (QED) is 0.713. The molecule has 1 aliphatic rings. The second-order valence-electron chi connectivity index (χ2n) is 5.62. The van der Waals surface area contributed by atoms with E-state index in [1.54, 1.807) is 0 Å². The normalized spacial score (nSPS) is 39.4. The van der Waals surface area contributed by atoms with Crippen LogP contribution in [0.5, 0.6) is 0 Å². The smallest absolute Gasteiger partial charge is 0.0102 e. The Morgan fingerprint density at radius 3 is 1.50 bits per heavy atom. The minimum Gasteiger partial charge on any atom is -0.328 e. The van der Waals surface area contributed by atoms with Crippen LogP contribution in [0.3, 0.4) is 0 Å². The van der Waals surface area contributed by atoms with Crippen LogP contribution >= 0.6 is 0 Å². The third-order valence-electron chi connectivity index (χ3n) is 3.85. The van der Waals surface area contributed by atoms with E-state index in [4.69, 9.17) is 11.5 Å². The van der Waals surface area contributed by atoms with E-state index in [1.165, 1.54) is 0 Å². The van der Waals surface area contributed by atoms with Crippen LogP contribution in [0.4, 0.5) is 0 Å². The van der Waals surface area contributed by atoms with Gasteiger partial charge in [0.2, 0.25) is 0 Å². The SMILES string of the molecule is CC(C)C1CC(N)CC(C(C)C)C1N. The highest BCUT2D eigenvalue weighted by Crippen LogP contribution is 2.35. The molecule has 0 amide bonds. The van der Waals surface area contributed by atoms with Gasteiger partial charge in [-0.1, -0.05) is 27.7 Å². The van der Waals surface area contributed by atoms with Crippen LogP contribution in [0, 0.1) is 23.7 Å². The van der Waals surface area contributed by atoms with Gasteiger partial charge in [0.25, 0.3) is 0 Å². The second-order valence-corrected chi connectivity index (χ2v) is 5.62. The number of nitrogens with two attached hydrogens (primary N) is 2. The second kappa shape index (κ2) is 4.63. The van der Waals surface area contributed by atoms with Crippen molar-refractivity contribution < 1.29 is 0 Å². The topological polar surface area (TPSA) is 52.0 Å². The van der Waals surface area contributed by atoms with E-state index in [9.17, 15) is 0 Å². The van der Waals surface area contributed by atoms with E-state index in [0.717, 1.165) is 12.8 Å². The van der Waals surface area contributed by atoms with E-state index in [0.29, 0.717) is 35.8 Å². The van der Waals surface area contributed by atoms with Gasteiger partial charge in [-0.3, -0.25) is 0 Å². The van der Waals surface area contributed by atoms with Gasteiger partial charge >= 0.3 is 0 Å². The summed E-state index contributed by atoms with van der Waals surface area (Å²) in [5.41, 5.74) is 12.4. The number of rotatable bonds is 2. The van der Waals surface area contributed by atoms with Crippen molar-refractivity contribution >= 4 is 0 Å². The molecule has 0 aromatic heterocycles. The van der Waals surface area contributed by atoms with Gasteiger partial charge in [-0.15, -0.1) is 0 Å². The summed E-state index contributed by atoms with van der Waals surface area (Å²) in [5, 5.41) is 0. The Balaban J connectivity index is 2.70. The Bertz CT molecular complexity index is 159. The summed E-state index contributed by atoms with van der Waals surface area (Å²) < 4.78 is 0. The van der Waals surface area contributed by atoms with Gasteiger partial charge in [0.05, 0.1) is 0 Å². The van der Waals surface area contributed by atoms with Crippen molar-refractivity contribution in [2.45, 2.75) is 52.6 Å². The lowest BCUT2D eigenvalue weighted by Crippen LogP contribution is -2.50. The molecule has 2 unspecified atom stereocenters. The third-order valence-corrected chi connectivity index (χ3v) is 3.85. The van der Waals surface area contributed by atoms with Gasteiger partial charge < -0.3 is 11.5 Å². The molecule has 0 saturated heterocycles. The fourth-order valence-corrected chi connectivity index (χ4v) is 2.86. The molecule has 84 valence electrons.